The van der Waals surface area contributed by atoms with Crippen molar-refractivity contribution < 1.29 is 15.0 Å². The van der Waals surface area contributed by atoms with Crippen LogP contribution in [-0.4, -0.2) is 34.9 Å². The van der Waals surface area contributed by atoms with E-state index in [-0.39, 0.29) is 12.5 Å². The minimum Gasteiger partial charge on any atom is -0.394 e. The maximum absolute atomic E-state index is 12.4. The number of amides is 1. The molecule has 0 aromatic carbocycles. The van der Waals surface area contributed by atoms with Gasteiger partial charge in [0, 0.05) is 6.42 Å². The predicted molar refractivity (Wildman–Crippen MR) is 276 cm³/mol. The molecule has 0 fully saturated rings. The van der Waals surface area contributed by atoms with Crippen molar-refractivity contribution in [1.82, 2.24) is 5.32 Å². The molecule has 0 saturated carbocycles. The Hall–Kier alpha value is -2.17. The lowest BCUT2D eigenvalue weighted by atomic mass is 10.0. The molecule has 0 bridgehead atoms. The van der Waals surface area contributed by atoms with E-state index in [1.807, 2.05) is 6.08 Å². The van der Waals surface area contributed by atoms with Crippen molar-refractivity contribution in [1.29, 1.82) is 0 Å². The largest absolute Gasteiger partial charge is 0.394 e. The van der Waals surface area contributed by atoms with Gasteiger partial charge in [-0.05, 0) is 70.6 Å². The lowest BCUT2D eigenvalue weighted by Gasteiger charge is -2.19. The monoisotopic (exact) mass is 864 g/mol. The van der Waals surface area contributed by atoms with Crippen molar-refractivity contribution in [3.05, 3.63) is 72.9 Å². The fourth-order valence-corrected chi connectivity index (χ4v) is 8.07. The van der Waals surface area contributed by atoms with E-state index >= 15 is 0 Å². The Balaban J connectivity index is 3.54. The molecular weight excluding hydrogens is 759 g/mol. The minimum absolute atomic E-state index is 0.0883. The summed E-state index contributed by atoms with van der Waals surface area (Å²) in [6.07, 6.45) is 76.4. The van der Waals surface area contributed by atoms with Gasteiger partial charge in [0.25, 0.3) is 0 Å². The van der Waals surface area contributed by atoms with E-state index in [2.05, 4.69) is 79.9 Å². The number of nitrogens with one attached hydrogen (secondary N) is 1. The van der Waals surface area contributed by atoms with E-state index in [4.69, 9.17) is 0 Å². The zero-order valence-corrected chi connectivity index (χ0v) is 41.4. The summed E-state index contributed by atoms with van der Waals surface area (Å²) < 4.78 is 0. The molecule has 0 aliphatic rings. The smallest absolute Gasteiger partial charge is 0.220 e. The minimum atomic E-state index is -0.873. The van der Waals surface area contributed by atoms with Crippen LogP contribution in [0.1, 0.15) is 271 Å². The first-order valence-corrected chi connectivity index (χ1v) is 27.2. The molecule has 0 aromatic rings. The fraction of sp³-hybridized carbons (Fsp3) is 0.776. The lowest BCUT2D eigenvalue weighted by molar-refractivity contribution is -0.123. The number of hydrogen-bond donors (Lipinski definition) is 3. The van der Waals surface area contributed by atoms with Gasteiger partial charge in [-0.2, -0.15) is 0 Å². The molecule has 360 valence electrons. The summed E-state index contributed by atoms with van der Waals surface area (Å²) in [6.45, 7) is 4.19. The van der Waals surface area contributed by atoms with Crippen molar-refractivity contribution in [3.8, 4) is 0 Å². The Kier molecular flexibility index (Phi) is 51.3. The summed E-state index contributed by atoms with van der Waals surface area (Å²) in [6, 6.07) is -0.652. The van der Waals surface area contributed by atoms with Crippen LogP contribution in [0.25, 0.3) is 0 Å². The van der Waals surface area contributed by atoms with E-state index < -0.39 is 12.1 Å². The highest BCUT2D eigenvalue weighted by molar-refractivity contribution is 5.76. The first kappa shape index (κ1) is 59.8. The highest BCUT2D eigenvalue weighted by Gasteiger charge is 2.17. The average Bonchev–Trinajstić information content (AvgIpc) is 3.28. The topological polar surface area (TPSA) is 69.6 Å². The maximum atomic E-state index is 12.4. The summed E-state index contributed by atoms with van der Waals surface area (Å²) in [4.78, 5) is 12.4. The van der Waals surface area contributed by atoms with Gasteiger partial charge in [-0.15, -0.1) is 0 Å². The molecule has 62 heavy (non-hydrogen) atoms. The molecule has 0 aliphatic carbocycles. The molecule has 0 heterocycles. The molecule has 4 nitrogen and oxygen atoms in total. The van der Waals surface area contributed by atoms with Gasteiger partial charge in [0.1, 0.15) is 0 Å². The Morgan fingerprint density at radius 1 is 0.403 bits per heavy atom. The molecule has 0 aromatic heterocycles. The Morgan fingerprint density at radius 2 is 0.726 bits per heavy atom. The van der Waals surface area contributed by atoms with Crippen molar-refractivity contribution in [2.45, 2.75) is 283 Å². The van der Waals surface area contributed by atoms with Crippen LogP contribution in [0.5, 0.6) is 0 Å². The number of hydrogen-bond acceptors (Lipinski definition) is 3. The van der Waals surface area contributed by atoms with Crippen LogP contribution in [0.15, 0.2) is 72.9 Å². The van der Waals surface area contributed by atoms with E-state index in [1.54, 1.807) is 6.08 Å². The molecule has 0 spiro atoms. The lowest BCUT2D eigenvalue weighted by Crippen LogP contribution is -2.45. The number of unbranched alkanes of at least 4 members (excludes halogenated alkanes) is 32. The summed E-state index contributed by atoms with van der Waals surface area (Å²) in [5.74, 6) is -0.0883. The average molecular weight is 864 g/mol. The predicted octanol–water partition coefficient (Wildman–Crippen LogP) is 17.8. The SMILES string of the molecule is CC/C=C\C/C=C\C/C=C\C/C=C\CCCCCCCCC(=O)NC(CO)C(O)/C=C/CC/C=C/CCCCCCCCCCCCCCCCCCCCCCCCCCC. The van der Waals surface area contributed by atoms with Gasteiger partial charge >= 0.3 is 0 Å². The molecule has 3 N–H and O–H groups in total. The van der Waals surface area contributed by atoms with Crippen LogP contribution in [-0.2, 0) is 4.79 Å². The van der Waals surface area contributed by atoms with Crippen LogP contribution in [0.2, 0.25) is 0 Å². The normalized spacial score (nSPS) is 13.4. The standard InChI is InChI=1S/C58H105NO3/c1-3-5-7-9-11-13-15-17-19-21-23-24-25-26-27-28-29-30-31-32-33-34-36-37-39-41-43-45-47-49-51-53-57(61)56(55-60)59-58(62)54-52-50-48-46-44-42-40-38-35-22-20-18-16-14-12-10-8-6-4-2/h6,8,12,14,18,20,35,38,43,45,51,53,56-57,60-61H,3-5,7,9-11,13,15-17,19,21-34,36-37,39-42,44,46-50,52,54-55H2,1-2H3,(H,59,62)/b8-6-,14-12-,20-18-,38-35-,45-43+,53-51+. The molecule has 0 aliphatic heterocycles. The molecule has 1 amide bonds. The number of carbonyl (C=O) groups excluding carboxylic acids is 1. The van der Waals surface area contributed by atoms with Gasteiger partial charge in [0.15, 0.2) is 0 Å². The number of carbonyl (C=O) groups is 1. The van der Waals surface area contributed by atoms with Gasteiger partial charge < -0.3 is 15.5 Å². The van der Waals surface area contributed by atoms with Crippen LogP contribution in [0.4, 0.5) is 0 Å². The van der Waals surface area contributed by atoms with E-state index in [1.165, 1.54) is 180 Å². The zero-order chi connectivity index (χ0) is 44.9. The number of rotatable bonds is 49. The van der Waals surface area contributed by atoms with Crippen molar-refractivity contribution in [2.24, 2.45) is 0 Å². The highest BCUT2D eigenvalue weighted by atomic mass is 16.3. The second kappa shape index (κ2) is 53.2. The van der Waals surface area contributed by atoms with Crippen molar-refractivity contribution in [2.75, 3.05) is 6.61 Å². The van der Waals surface area contributed by atoms with Crippen LogP contribution in [0.3, 0.4) is 0 Å². The molecule has 2 unspecified atom stereocenters. The molecule has 0 radical (unpaired) electrons. The molecule has 4 heteroatoms. The van der Waals surface area contributed by atoms with Crippen molar-refractivity contribution >= 4 is 5.91 Å². The first-order chi connectivity index (χ1) is 30.7. The van der Waals surface area contributed by atoms with Crippen molar-refractivity contribution in [3.63, 3.8) is 0 Å². The van der Waals surface area contributed by atoms with Gasteiger partial charge in [-0.1, -0.05) is 267 Å². The third kappa shape index (κ3) is 48.9. The summed E-state index contributed by atoms with van der Waals surface area (Å²) in [5.41, 5.74) is 0. The summed E-state index contributed by atoms with van der Waals surface area (Å²) >= 11 is 0. The van der Waals surface area contributed by atoms with Gasteiger partial charge in [-0.25, -0.2) is 0 Å². The van der Waals surface area contributed by atoms with Gasteiger partial charge in [0.2, 0.25) is 5.91 Å². The third-order valence-electron chi connectivity index (χ3n) is 12.2. The molecule has 0 rings (SSSR count). The second-order valence-corrected chi connectivity index (χ2v) is 18.3. The second-order valence-electron chi connectivity index (χ2n) is 18.3. The maximum Gasteiger partial charge on any atom is 0.220 e. The number of aliphatic hydroxyl groups is 2. The first-order valence-electron chi connectivity index (χ1n) is 27.2. The molecular formula is C58H105NO3. The Bertz CT molecular complexity index is 1070. The number of aliphatic hydroxyl groups excluding tert-OH is 2. The summed E-state index contributed by atoms with van der Waals surface area (Å²) in [5, 5.41) is 23.1. The fourth-order valence-electron chi connectivity index (χ4n) is 8.07. The van der Waals surface area contributed by atoms with Gasteiger partial charge in [-0.3, -0.25) is 4.79 Å². The van der Waals surface area contributed by atoms with Crippen LogP contribution < -0.4 is 5.32 Å². The highest BCUT2D eigenvalue weighted by Crippen LogP contribution is 2.16. The Labute approximate surface area is 387 Å². The van der Waals surface area contributed by atoms with E-state index in [9.17, 15) is 15.0 Å². The third-order valence-corrected chi connectivity index (χ3v) is 12.2. The quantitative estimate of drug-likeness (QED) is 0.0421. The Morgan fingerprint density at radius 3 is 1.13 bits per heavy atom. The summed E-state index contributed by atoms with van der Waals surface area (Å²) in [7, 11) is 0. The molecule has 0 saturated heterocycles. The van der Waals surface area contributed by atoms with E-state index in [0.29, 0.717) is 6.42 Å². The van der Waals surface area contributed by atoms with Crippen LogP contribution >= 0.6 is 0 Å². The number of allylic oxidation sites excluding steroid dienone is 11. The zero-order valence-electron chi connectivity index (χ0n) is 41.4. The van der Waals surface area contributed by atoms with E-state index in [0.717, 1.165) is 70.6 Å². The van der Waals surface area contributed by atoms with Gasteiger partial charge in [0.05, 0.1) is 18.8 Å². The van der Waals surface area contributed by atoms with Crippen LogP contribution in [0, 0.1) is 0 Å². The molecule has 2 atom stereocenters.